The van der Waals surface area contributed by atoms with E-state index in [2.05, 4.69) is 5.32 Å². The molecule has 0 fully saturated rings. The van der Waals surface area contributed by atoms with E-state index in [9.17, 15) is 9.90 Å². The fraction of sp³-hybridized carbons (Fsp3) is 0.417. The second-order valence-electron chi connectivity index (χ2n) is 3.21. The molecule has 5 nitrogen and oxygen atoms in total. The van der Waals surface area contributed by atoms with Crippen LogP contribution in [0.3, 0.4) is 0 Å². The molecule has 0 aliphatic carbocycles. The second kappa shape index (κ2) is 7.51. The maximum atomic E-state index is 10.7. The molecule has 1 unspecified atom stereocenters. The van der Waals surface area contributed by atoms with Crippen LogP contribution in [0.2, 0.25) is 0 Å². The first-order chi connectivity index (χ1) is 8.04. The smallest absolute Gasteiger partial charge is 0.321 e. The predicted molar refractivity (Wildman–Crippen MR) is 65.3 cm³/mol. The van der Waals surface area contributed by atoms with Gasteiger partial charge in [-0.1, -0.05) is 19.9 Å². The van der Waals surface area contributed by atoms with Crippen molar-refractivity contribution in [3.63, 3.8) is 0 Å². The largest absolute Gasteiger partial charge is 0.504 e. The fourth-order valence-corrected chi connectivity index (χ4v) is 1.24. The van der Waals surface area contributed by atoms with Gasteiger partial charge in [0.15, 0.2) is 11.5 Å². The molecule has 0 aliphatic rings. The number of aromatic hydroxyl groups is 2. The highest BCUT2D eigenvalue weighted by atomic mass is 16.4. The van der Waals surface area contributed by atoms with Gasteiger partial charge in [-0.25, -0.2) is 0 Å². The van der Waals surface area contributed by atoms with Crippen molar-refractivity contribution < 1.29 is 20.1 Å². The quantitative estimate of drug-likeness (QED) is 0.597. The Morgan fingerprint density at radius 3 is 2.29 bits per heavy atom. The Labute approximate surface area is 101 Å². The maximum Gasteiger partial charge on any atom is 0.321 e. The average Bonchev–Trinajstić information content (AvgIpc) is 2.32. The highest BCUT2D eigenvalue weighted by Crippen LogP contribution is 2.25. The highest BCUT2D eigenvalue weighted by molar-refractivity contribution is 5.73. The summed E-state index contributed by atoms with van der Waals surface area (Å²) in [7, 11) is 1.55. The van der Waals surface area contributed by atoms with E-state index in [0.29, 0.717) is 5.56 Å². The number of carbonyl (C=O) groups is 1. The number of carboxylic acids is 1. The highest BCUT2D eigenvalue weighted by Gasteiger charge is 2.15. The van der Waals surface area contributed by atoms with E-state index in [1.165, 1.54) is 12.1 Å². The van der Waals surface area contributed by atoms with E-state index in [4.69, 9.17) is 10.2 Å². The van der Waals surface area contributed by atoms with Crippen LogP contribution in [0.15, 0.2) is 18.2 Å². The van der Waals surface area contributed by atoms with E-state index < -0.39 is 12.0 Å². The van der Waals surface area contributed by atoms with Gasteiger partial charge >= 0.3 is 5.97 Å². The lowest BCUT2D eigenvalue weighted by atomic mass is 10.1. The van der Waals surface area contributed by atoms with Crippen LogP contribution in [-0.4, -0.2) is 34.4 Å². The van der Waals surface area contributed by atoms with Crippen LogP contribution in [0.1, 0.15) is 19.4 Å². The minimum absolute atomic E-state index is 0.213. The summed E-state index contributed by atoms with van der Waals surface area (Å²) < 4.78 is 0. The number of aliphatic carboxylic acids is 1. The number of phenolic OH excluding ortho intramolecular Hbond substituents is 2. The lowest BCUT2D eigenvalue weighted by Gasteiger charge is -2.11. The number of nitrogens with one attached hydrogen (secondary N) is 1. The maximum absolute atomic E-state index is 10.7. The van der Waals surface area contributed by atoms with Gasteiger partial charge in [-0.05, 0) is 31.2 Å². The van der Waals surface area contributed by atoms with Gasteiger partial charge in [0.25, 0.3) is 0 Å². The molecule has 4 N–H and O–H groups in total. The Kier molecular flexibility index (Phi) is 6.74. The van der Waals surface area contributed by atoms with Gasteiger partial charge in [-0.2, -0.15) is 0 Å². The van der Waals surface area contributed by atoms with Crippen molar-refractivity contribution in [1.29, 1.82) is 0 Å². The van der Waals surface area contributed by atoms with Gasteiger partial charge in [-0.15, -0.1) is 0 Å². The Bertz CT molecular complexity index is 366. The van der Waals surface area contributed by atoms with Crippen LogP contribution in [0.4, 0.5) is 0 Å². The van der Waals surface area contributed by atoms with Crippen molar-refractivity contribution in [3.05, 3.63) is 23.8 Å². The molecular formula is C12H19NO4. The molecule has 0 aromatic heterocycles. The monoisotopic (exact) mass is 241 g/mol. The van der Waals surface area contributed by atoms with Crippen molar-refractivity contribution in [2.24, 2.45) is 0 Å². The van der Waals surface area contributed by atoms with E-state index in [0.717, 1.165) is 0 Å². The van der Waals surface area contributed by atoms with Gasteiger partial charge in [-0.3, -0.25) is 4.79 Å². The molecule has 0 saturated carbocycles. The second-order valence-corrected chi connectivity index (χ2v) is 3.21. The van der Waals surface area contributed by atoms with E-state index in [1.807, 2.05) is 13.8 Å². The molecule has 1 rings (SSSR count). The Balaban J connectivity index is 0.00000121. The summed E-state index contributed by atoms with van der Waals surface area (Å²) in [6.45, 7) is 4.00. The molecule has 5 heteroatoms. The molecule has 1 atom stereocenters. The van der Waals surface area contributed by atoms with E-state index in [-0.39, 0.29) is 17.9 Å². The van der Waals surface area contributed by atoms with Crippen molar-refractivity contribution in [2.75, 3.05) is 7.05 Å². The third kappa shape index (κ3) is 4.74. The van der Waals surface area contributed by atoms with Crippen LogP contribution in [0.5, 0.6) is 11.5 Å². The van der Waals surface area contributed by atoms with E-state index >= 15 is 0 Å². The zero-order valence-corrected chi connectivity index (χ0v) is 10.3. The summed E-state index contributed by atoms with van der Waals surface area (Å²) in [5, 5.41) is 29.7. The molecule has 0 amide bonds. The first-order valence-electron chi connectivity index (χ1n) is 5.45. The molecule has 1 aromatic carbocycles. The first kappa shape index (κ1) is 15.2. The van der Waals surface area contributed by atoms with Crippen LogP contribution < -0.4 is 5.32 Å². The lowest BCUT2D eigenvalue weighted by Crippen LogP contribution is -2.35. The minimum atomic E-state index is -0.954. The van der Waals surface area contributed by atoms with Gasteiger partial charge in [0.1, 0.15) is 6.04 Å². The summed E-state index contributed by atoms with van der Waals surface area (Å²) in [5.74, 6) is -1.41. The number of likely N-dealkylation sites (N-methyl/N-ethyl adjacent to an activating group) is 1. The van der Waals surface area contributed by atoms with E-state index in [1.54, 1.807) is 13.1 Å². The topological polar surface area (TPSA) is 89.8 Å². The summed E-state index contributed by atoms with van der Waals surface area (Å²) in [6, 6.07) is 3.55. The van der Waals surface area contributed by atoms with Crippen LogP contribution in [-0.2, 0) is 11.2 Å². The summed E-state index contributed by atoms with van der Waals surface area (Å²) >= 11 is 0. The molecule has 0 radical (unpaired) electrons. The van der Waals surface area contributed by atoms with Gasteiger partial charge < -0.3 is 20.6 Å². The Morgan fingerprint density at radius 1 is 1.29 bits per heavy atom. The molecule has 0 heterocycles. The van der Waals surface area contributed by atoms with Crippen molar-refractivity contribution in [1.82, 2.24) is 5.32 Å². The summed E-state index contributed by atoms with van der Waals surface area (Å²) in [5.41, 5.74) is 0.645. The zero-order valence-electron chi connectivity index (χ0n) is 10.3. The first-order valence-corrected chi connectivity index (χ1v) is 5.45. The van der Waals surface area contributed by atoms with Crippen molar-refractivity contribution in [3.8, 4) is 11.5 Å². The SMILES string of the molecule is CC.CNC(Cc1ccc(O)c(O)c1)C(=O)O. The molecule has 1 aromatic rings. The number of phenols is 2. The Hall–Kier alpha value is -1.75. The molecule has 17 heavy (non-hydrogen) atoms. The third-order valence-corrected chi connectivity index (χ3v) is 2.13. The molecule has 0 aliphatic heterocycles. The predicted octanol–water partition coefficient (Wildman–Crippen LogP) is 1.34. The molecule has 0 spiro atoms. The van der Waals surface area contributed by atoms with Crippen molar-refractivity contribution >= 4 is 5.97 Å². The zero-order chi connectivity index (χ0) is 13.4. The summed E-state index contributed by atoms with van der Waals surface area (Å²) in [4.78, 5) is 10.7. The Morgan fingerprint density at radius 2 is 1.88 bits per heavy atom. The van der Waals surface area contributed by atoms with Gasteiger partial charge in [0.2, 0.25) is 0 Å². The lowest BCUT2D eigenvalue weighted by molar-refractivity contribution is -0.139. The fourth-order valence-electron chi connectivity index (χ4n) is 1.24. The standard InChI is InChI=1S/C10H13NO4.C2H6/c1-11-7(10(14)15)4-6-2-3-8(12)9(13)5-6;1-2/h2-3,5,7,11-13H,4H2,1H3,(H,14,15);1-2H3. The molecule has 0 bridgehead atoms. The molecule has 96 valence electrons. The van der Waals surface area contributed by atoms with Gasteiger partial charge in [0, 0.05) is 0 Å². The molecule has 0 saturated heterocycles. The number of benzene rings is 1. The molecular weight excluding hydrogens is 222 g/mol. The average molecular weight is 241 g/mol. The van der Waals surface area contributed by atoms with Crippen molar-refractivity contribution in [2.45, 2.75) is 26.3 Å². The van der Waals surface area contributed by atoms with Crippen LogP contribution >= 0.6 is 0 Å². The summed E-state index contributed by atoms with van der Waals surface area (Å²) in [6.07, 6.45) is 0.250. The third-order valence-electron chi connectivity index (χ3n) is 2.13. The van der Waals surface area contributed by atoms with Crippen LogP contribution in [0, 0.1) is 0 Å². The normalized spacial score (nSPS) is 11.2. The van der Waals surface area contributed by atoms with Crippen LogP contribution in [0.25, 0.3) is 0 Å². The number of hydrogen-bond acceptors (Lipinski definition) is 4. The number of hydrogen-bond donors (Lipinski definition) is 4. The number of carboxylic acid groups (broad SMARTS) is 1. The van der Waals surface area contributed by atoms with Gasteiger partial charge in [0.05, 0.1) is 0 Å². The number of rotatable bonds is 4. The minimum Gasteiger partial charge on any atom is -0.504 e.